The molecule has 0 saturated heterocycles. The van der Waals surface area contributed by atoms with Gasteiger partial charge in [0.25, 0.3) is 0 Å². The van der Waals surface area contributed by atoms with E-state index in [2.05, 4.69) is 20.9 Å². The highest BCUT2D eigenvalue weighted by atomic mass is 79.9. The van der Waals surface area contributed by atoms with Crippen molar-refractivity contribution < 1.29 is 4.39 Å². The lowest BCUT2D eigenvalue weighted by molar-refractivity contribution is 0.628. The Labute approximate surface area is 141 Å². The fraction of sp³-hybridized carbons (Fsp3) is 0. The Hall–Kier alpha value is -1.91. The van der Waals surface area contributed by atoms with Crippen LogP contribution < -0.4 is 0 Å². The first kappa shape index (κ1) is 15.0. The van der Waals surface area contributed by atoms with E-state index in [4.69, 9.17) is 11.6 Å². The van der Waals surface area contributed by atoms with Crippen LogP contribution in [0.3, 0.4) is 0 Å². The Bertz CT molecular complexity index is 825. The standard InChI is InChI=1S/C17H11BrClFN2/c18-12-3-6-14(7-4-12)22-9-1-2-15(22)11-21-13-5-8-17(20)16(19)10-13/h1-11H. The molecule has 2 aromatic carbocycles. The molecular formula is C17H11BrClFN2. The minimum absolute atomic E-state index is 0.0675. The molecule has 1 aromatic heterocycles. The minimum atomic E-state index is -0.446. The number of hydrogen-bond donors (Lipinski definition) is 0. The number of rotatable bonds is 3. The first-order valence-electron chi connectivity index (χ1n) is 6.56. The summed E-state index contributed by atoms with van der Waals surface area (Å²) in [5, 5.41) is 0.0675. The van der Waals surface area contributed by atoms with Crippen molar-refractivity contribution >= 4 is 39.4 Å². The summed E-state index contributed by atoms with van der Waals surface area (Å²) in [7, 11) is 0. The topological polar surface area (TPSA) is 17.3 Å². The smallest absolute Gasteiger partial charge is 0.141 e. The highest BCUT2D eigenvalue weighted by Gasteiger charge is 2.02. The van der Waals surface area contributed by atoms with Gasteiger partial charge in [0, 0.05) is 16.4 Å². The quantitative estimate of drug-likeness (QED) is 0.515. The molecule has 22 heavy (non-hydrogen) atoms. The van der Waals surface area contributed by atoms with Gasteiger partial charge < -0.3 is 4.57 Å². The Morgan fingerprint density at radius 1 is 1.09 bits per heavy atom. The van der Waals surface area contributed by atoms with Gasteiger partial charge in [0.1, 0.15) is 5.82 Å². The maximum Gasteiger partial charge on any atom is 0.141 e. The largest absolute Gasteiger partial charge is 0.316 e. The number of aromatic nitrogens is 1. The summed E-state index contributed by atoms with van der Waals surface area (Å²) < 4.78 is 16.2. The predicted octanol–water partition coefficient (Wildman–Crippen LogP) is 5.78. The minimum Gasteiger partial charge on any atom is -0.316 e. The number of hydrogen-bond acceptors (Lipinski definition) is 1. The van der Waals surface area contributed by atoms with Crippen molar-refractivity contribution in [1.29, 1.82) is 0 Å². The van der Waals surface area contributed by atoms with E-state index in [0.29, 0.717) is 5.69 Å². The van der Waals surface area contributed by atoms with Crippen LogP contribution >= 0.6 is 27.5 Å². The van der Waals surface area contributed by atoms with E-state index in [1.54, 1.807) is 12.3 Å². The molecule has 0 bridgehead atoms. The molecule has 2 nitrogen and oxygen atoms in total. The van der Waals surface area contributed by atoms with Gasteiger partial charge in [-0.1, -0.05) is 27.5 Å². The summed E-state index contributed by atoms with van der Waals surface area (Å²) in [6.07, 6.45) is 3.69. The molecule has 3 rings (SSSR count). The van der Waals surface area contributed by atoms with Gasteiger partial charge in [0.15, 0.2) is 0 Å². The van der Waals surface area contributed by atoms with Crippen molar-refractivity contribution in [3.05, 3.63) is 81.8 Å². The SMILES string of the molecule is Fc1ccc(N=Cc2cccn2-c2ccc(Br)cc2)cc1Cl. The summed E-state index contributed by atoms with van der Waals surface area (Å²) in [6, 6.07) is 16.3. The zero-order valence-corrected chi connectivity index (χ0v) is 13.7. The maximum atomic E-state index is 13.1. The summed E-state index contributed by atoms with van der Waals surface area (Å²) in [5.41, 5.74) is 2.56. The molecule has 0 radical (unpaired) electrons. The van der Waals surface area contributed by atoms with E-state index < -0.39 is 5.82 Å². The highest BCUT2D eigenvalue weighted by molar-refractivity contribution is 9.10. The molecule has 0 amide bonds. The normalized spacial score (nSPS) is 11.2. The number of aliphatic imine (C=N–C) groups is 1. The van der Waals surface area contributed by atoms with Crippen LogP contribution in [-0.4, -0.2) is 10.8 Å². The lowest BCUT2D eigenvalue weighted by Crippen LogP contribution is -1.97. The van der Waals surface area contributed by atoms with Crippen LogP contribution in [0.1, 0.15) is 5.69 Å². The third-order valence-electron chi connectivity index (χ3n) is 3.13. The Morgan fingerprint density at radius 2 is 1.86 bits per heavy atom. The van der Waals surface area contributed by atoms with Crippen LogP contribution in [0.5, 0.6) is 0 Å². The van der Waals surface area contributed by atoms with Gasteiger partial charge in [-0.25, -0.2) is 4.39 Å². The van der Waals surface area contributed by atoms with Crippen molar-refractivity contribution in [2.75, 3.05) is 0 Å². The van der Waals surface area contributed by atoms with E-state index in [1.807, 2.05) is 47.2 Å². The van der Waals surface area contributed by atoms with Crippen LogP contribution in [0, 0.1) is 5.82 Å². The second kappa shape index (κ2) is 6.46. The monoisotopic (exact) mass is 376 g/mol. The second-order valence-corrected chi connectivity index (χ2v) is 5.96. The van der Waals surface area contributed by atoms with Gasteiger partial charge in [-0.3, -0.25) is 4.99 Å². The van der Waals surface area contributed by atoms with Crippen LogP contribution in [-0.2, 0) is 0 Å². The summed E-state index contributed by atoms with van der Waals surface area (Å²) in [5.74, 6) is -0.446. The molecule has 0 aliphatic carbocycles. The Balaban J connectivity index is 1.90. The van der Waals surface area contributed by atoms with Crippen molar-refractivity contribution in [2.45, 2.75) is 0 Å². The van der Waals surface area contributed by atoms with Crippen LogP contribution in [0.4, 0.5) is 10.1 Å². The molecule has 0 spiro atoms. The van der Waals surface area contributed by atoms with Gasteiger partial charge >= 0.3 is 0 Å². The fourth-order valence-electron chi connectivity index (χ4n) is 2.04. The number of benzene rings is 2. The van der Waals surface area contributed by atoms with Crippen LogP contribution in [0.25, 0.3) is 5.69 Å². The lowest BCUT2D eigenvalue weighted by atomic mass is 10.3. The molecule has 0 fully saturated rings. The van der Waals surface area contributed by atoms with Gasteiger partial charge in [-0.2, -0.15) is 0 Å². The Kier molecular flexibility index (Phi) is 4.41. The second-order valence-electron chi connectivity index (χ2n) is 4.64. The molecule has 0 atom stereocenters. The predicted molar refractivity (Wildman–Crippen MR) is 92.1 cm³/mol. The molecule has 0 aliphatic heterocycles. The zero-order chi connectivity index (χ0) is 15.5. The number of nitrogens with zero attached hydrogens (tertiary/aromatic N) is 2. The molecule has 110 valence electrons. The Morgan fingerprint density at radius 3 is 2.59 bits per heavy atom. The average molecular weight is 378 g/mol. The zero-order valence-electron chi connectivity index (χ0n) is 11.4. The average Bonchev–Trinajstić information content (AvgIpc) is 2.98. The first-order chi connectivity index (χ1) is 10.6. The van der Waals surface area contributed by atoms with Gasteiger partial charge in [0.05, 0.1) is 22.6 Å². The third kappa shape index (κ3) is 3.29. The summed E-state index contributed by atoms with van der Waals surface area (Å²) in [4.78, 5) is 4.35. The molecule has 3 aromatic rings. The molecule has 0 saturated carbocycles. The van der Waals surface area contributed by atoms with E-state index in [1.165, 1.54) is 12.1 Å². The summed E-state index contributed by atoms with van der Waals surface area (Å²) in [6.45, 7) is 0. The van der Waals surface area contributed by atoms with E-state index in [-0.39, 0.29) is 5.02 Å². The molecule has 1 heterocycles. The van der Waals surface area contributed by atoms with Gasteiger partial charge in [0.2, 0.25) is 0 Å². The van der Waals surface area contributed by atoms with Crippen LogP contribution in [0.2, 0.25) is 5.02 Å². The van der Waals surface area contributed by atoms with Crippen molar-refractivity contribution in [2.24, 2.45) is 4.99 Å². The van der Waals surface area contributed by atoms with Crippen molar-refractivity contribution in [3.63, 3.8) is 0 Å². The number of halogens is 3. The van der Waals surface area contributed by atoms with E-state index in [9.17, 15) is 4.39 Å². The molecular weight excluding hydrogens is 367 g/mol. The van der Waals surface area contributed by atoms with Crippen molar-refractivity contribution in [3.8, 4) is 5.69 Å². The fourth-order valence-corrected chi connectivity index (χ4v) is 2.48. The first-order valence-corrected chi connectivity index (χ1v) is 7.73. The molecule has 0 unspecified atom stereocenters. The maximum absolute atomic E-state index is 13.1. The van der Waals surface area contributed by atoms with E-state index in [0.717, 1.165) is 15.9 Å². The van der Waals surface area contributed by atoms with Crippen LogP contribution in [0.15, 0.2) is 70.3 Å². The van der Waals surface area contributed by atoms with E-state index >= 15 is 0 Å². The van der Waals surface area contributed by atoms with Crippen molar-refractivity contribution in [1.82, 2.24) is 4.57 Å². The van der Waals surface area contributed by atoms with Gasteiger partial charge in [-0.05, 0) is 54.6 Å². The molecule has 0 aliphatic rings. The third-order valence-corrected chi connectivity index (χ3v) is 3.95. The highest BCUT2D eigenvalue weighted by Crippen LogP contribution is 2.22. The van der Waals surface area contributed by atoms with Gasteiger partial charge in [-0.15, -0.1) is 0 Å². The summed E-state index contributed by atoms with van der Waals surface area (Å²) >= 11 is 9.18. The lowest BCUT2D eigenvalue weighted by Gasteiger charge is -2.06. The molecule has 0 N–H and O–H groups in total. The molecule has 5 heteroatoms.